The molecule has 7 nitrogen and oxygen atoms in total. The third kappa shape index (κ3) is 4.65. The Morgan fingerprint density at radius 1 is 0.800 bits per heavy atom. The number of hydrogen-bond acceptors (Lipinski definition) is 4. The van der Waals surface area contributed by atoms with Crippen molar-refractivity contribution in [2.45, 2.75) is 12.1 Å². The molecule has 2 amide bonds. The minimum atomic E-state index is -1.18. The first kappa shape index (κ1) is 25.5. The second-order valence-corrected chi connectivity index (χ2v) is 10.0. The molecule has 0 aromatic heterocycles. The molecule has 200 valence electrons. The van der Waals surface area contributed by atoms with Gasteiger partial charge in [-0.3, -0.25) is 19.9 Å². The maximum absolute atomic E-state index is 14.1. The van der Waals surface area contributed by atoms with E-state index in [2.05, 4.69) is 5.32 Å². The highest BCUT2D eigenvalue weighted by molar-refractivity contribution is 6.10. The van der Waals surface area contributed by atoms with E-state index >= 15 is 0 Å². The predicted molar refractivity (Wildman–Crippen MR) is 154 cm³/mol. The van der Waals surface area contributed by atoms with Gasteiger partial charge in [-0.05, 0) is 46.0 Å². The van der Waals surface area contributed by atoms with E-state index in [1.165, 1.54) is 4.90 Å². The van der Waals surface area contributed by atoms with Crippen LogP contribution in [0.4, 0.5) is 0 Å². The van der Waals surface area contributed by atoms with Crippen LogP contribution in [0.3, 0.4) is 0 Å². The lowest BCUT2D eigenvalue weighted by molar-refractivity contribution is -0.130. The highest BCUT2D eigenvalue weighted by atomic mass is 16.5. The van der Waals surface area contributed by atoms with Crippen molar-refractivity contribution in [2.75, 3.05) is 26.3 Å². The molecule has 4 aromatic rings. The van der Waals surface area contributed by atoms with E-state index in [1.807, 2.05) is 114 Å². The van der Waals surface area contributed by atoms with E-state index in [0.29, 0.717) is 31.9 Å². The zero-order valence-corrected chi connectivity index (χ0v) is 22.0. The van der Waals surface area contributed by atoms with Gasteiger partial charge in [0.2, 0.25) is 0 Å². The summed E-state index contributed by atoms with van der Waals surface area (Å²) in [6.45, 7) is 2.54. The Labute approximate surface area is 233 Å². The lowest BCUT2D eigenvalue weighted by Crippen LogP contribution is -2.45. The number of amides is 2. The molecule has 2 saturated heterocycles. The Bertz CT molecular complexity index is 1510. The van der Waals surface area contributed by atoms with E-state index in [1.54, 1.807) is 0 Å². The molecule has 4 aromatic carbocycles. The summed E-state index contributed by atoms with van der Waals surface area (Å²) in [5.74, 6) is -0.138. The molecule has 0 spiro atoms. The van der Waals surface area contributed by atoms with Crippen LogP contribution in [-0.4, -0.2) is 53.9 Å². The molecule has 0 atom stereocenters. The first-order valence-electron chi connectivity index (χ1n) is 13.4. The lowest BCUT2D eigenvalue weighted by atomic mass is 9.82. The third-order valence-corrected chi connectivity index (χ3v) is 7.56. The fourth-order valence-corrected chi connectivity index (χ4v) is 5.50. The number of guanidine groups is 1. The van der Waals surface area contributed by atoms with E-state index in [9.17, 15) is 9.59 Å². The van der Waals surface area contributed by atoms with Gasteiger partial charge >= 0.3 is 0 Å². The molecule has 0 saturated carbocycles. The van der Waals surface area contributed by atoms with Crippen LogP contribution in [0.2, 0.25) is 0 Å². The summed E-state index contributed by atoms with van der Waals surface area (Å²) in [7, 11) is 0. The summed E-state index contributed by atoms with van der Waals surface area (Å²) in [4.78, 5) is 30.5. The maximum Gasteiger partial charge on any atom is 0.264 e. The van der Waals surface area contributed by atoms with Gasteiger partial charge in [0.15, 0.2) is 11.5 Å². The van der Waals surface area contributed by atoms with Gasteiger partial charge in [0, 0.05) is 18.7 Å². The van der Waals surface area contributed by atoms with Crippen molar-refractivity contribution in [3.63, 3.8) is 0 Å². The number of ether oxygens (including phenoxy) is 1. The highest BCUT2D eigenvalue weighted by Crippen LogP contribution is 2.36. The van der Waals surface area contributed by atoms with Gasteiger partial charge in [-0.15, -0.1) is 0 Å². The molecule has 7 heteroatoms. The molecule has 2 heterocycles. The van der Waals surface area contributed by atoms with E-state index in [0.717, 1.165) is 27.8 Å². The first-order chi connectivity index (χ1) is 19.6. The van der Waals surface area contributed by atoms with Gasteiger partial charge in [0.05, 0.1) is 19.8 Å². The molecular weight excluding hydrogens is 500 g/mol. The van der Waals surface area contributed by atoms with Crippen molar-refractivity contribution in [2.24, 2.45) is 0 Å². The molecule has 2 fully saturated rings. The van der Waals surface area contributed by atoms with Gasteiger partial charge in [-0.25, -0.2) is 0 Å². The molecule has 2 aliphatic rings. The minimum Gasteiger partial charge on any atom is -0.378 e. The number of carbonyl (C=O) groups is 2. The minimum absolute atomic E-state index is 0.00153. The topological polar surface area (TPSA) is 85.7 Å². The van der Waals surface area contributed by atoms with E-state index in [4.69, 9.17) is 10.1 Å². The normalized spacial score (nSPS) is 16.6. The zero-order chi connectivity index (χ0) is 27.5. The van der Waals surface area contributed by atoms with Gasteiger partial charge in [0.25, 0.3) is 11.8 Å². The lowest BCUT2D eigenvalue weighted by Gasteiger charge is -2.28. The van der Waals surface area contributed by atoms with Gasteiger partial charge < -0.3 is 15.0 Å². The summed E-state index contributed by atoms with van der Waals surface area (Å²) in [6, 6.07) is 34.7. The van der Waals surface area contributed by atoms with Crippen molar-refractivity contribution in [1.29, 1.82) is 5.41 Å². The number of hydrogen-bond donors (Lipinski definition) is 2. The molecule has 2 N–H and O–H groups in total. The van der Waals surface area contributed by atoms with Crippen LogP contribution in [-0.2, 0) is 21.6 Å². The Balaban J connectivity index is 1.28. The zero-order valence-electron chi connectivity index (χ0n) is 22.0. The number of nitrogens with zero attached hydrogens (tertiary/aromatic N) is 2. The van der Waals surface area contributed by atoms with Crippen LogP contribution in [0.1, 0.15) is 27.0 Å². The van der Waals surface area contributed by atoms with Crippen molar-refractivity contribution in [1.82, 2.24) is 15.1 Å². The van der Waals surface area contributed by atoms with Crippen molar-refractivity contribution in [3.05, 3.63) is 131 Å². The van der Waals surface area contributed by atoms with Crippen LogP contribution in [0, 0.1) is 5.41 Å². The Kier molecular flexibility index (Phi) is 6.88. The van der Waals surface area contributed by atoms with Gasteiger partial charge in [-0.2, -0.15) is 0 Å². The standard InChI is InChI=1S/C33H30N4O3/c34-32-35-33(28-13-3-1-4-14-28,29-15-5-2-6-16-29)31(39)37(32)23-24-9-7-10-25(21-24)26-11-8-12-27(22-26)30(38)36-17-19-40-20-18-36/h1-16,21-22H,17-20,23H2,(H2,34,35). The van der Waals surface area contributed by atoms with E-state index < -0.39 is 5.54 Å². The monoisotopic (exact) mass is 530 g/mol. The number of carbonyl (C=O) groups excluding carboxylic acids is 2. The third-order valence-electron chi connectivity index (χ3n) is 7.56. The Hall–Kier alpha value is -4.75. The van der Waals surface area contributed by atoms with Crippen LogP contribution in [0.25, 0.3) is 11.1 Å². The summed E-state index contributed by atoms with van der Waals surface area (Å²) in [6.07, 6.45) is 0. The molecule has 0 bridgehead atoms. The maximum atomic E-state index is 14.1. The fourth-order valence-electron chi connectivity index (χ4n) is 5.50. The van der Waals surface area contributed by atoms with Crippen molar-refractivity contribution < 1.29 is 14.3 Å². The van der Waals surface area contributed by atoms with Crippen LogP contribution >= 0.6 is 0 Å². The van der Waals surface area contributed by atoms with Crippen molar-refractivity contribution >= 4 is 17.8 Å². The molecule has 0 aliphatic carbocycles. The molecule has 6 rings (SSSR count). The molecular formula is C33H30N4O3. The second-order valence-electron chi connectivity index (χ2n) is 10.0. The highest BCUT2D eigenvalue weighted by Gasteiger charge is 2.52. The first-order valence-corrected chi connectivity index (χ1v) is 13.4. The number of nitrogens with one attached hydrogen (secondary N) is 2. The summed E-state index contributed by atoms with van der Waals surface area (Å²) in [5, 5.41) is 12.0. The number of morpholine rings is 1. The smallest absolute Gasteiger partial charge is 0.264 e. The van der Waals surface area contributed by atoms with Crippen LogP contribution < -0.4 is 5.32 Å². The van der Waals surface area contributed by atoms with Gasteiger partial charge in [-0.1, -0.05) is 91.0 Å². The largest absolute Gasteiger partial charge is 0.378 e. The average Bonchev–Trinajstić information content (AvgIpc) is 3.28. The predicted octanol–water partition coefficient (Wildman–Crippen LogP) is 4.64. The Morgan fingerprint density at radius 3 is 2.05 bits per heavy atom. The fraction of sp³-hybridized carbons (Fsp3) is 0.182. The quantitative estimate of drug-likeness (QED) is 0.381. The van der Waals surface area contributed by atoms with Crippen molar-refractivity contribution in [3.8, 4) is 11.1 Å². The number of rotatable bonds is 6. The Morgan fingerprint density at radius 2 is 1.40 bits per heavy atom. The molecule has 0 radical (unpaired) electrons. The van der Waals surface area contributed by atoms with E-state index in [-0.39, 0.29) is 24.3 Å². The molecule has 40 heavy (non-hydrogen) atoms. The van der Waals surface area contributed by atoms with Gasteiger partial charge in [0.1, 0.15) is 0 Å². The second kappa shape index (κ2) is 10.8. The average molecular weight is 531 g/mol. The van der Waals surface area contributed by atoms with Crippen LogP contribution in [0.5, 0.6) is 0 Å². The van der Waals surface area contributed by atoms with Crippen LogP contribution in [0.15, 0.2) is 109 Å². The SMILES string of the molecule is N=C1NC(c2ccccc2)(c2ccccc2)C(=O)N1Cc1cccc(-c2cccc(C(=O)N3CCOCC3)c2)c1. The molecule has 0 unspecified atom stereocenters. The summed E-state index contributed by atoms with van der Waals surface area (Å²) >= 11 is 0. The summed E-state index contributed by atoms with van der Waals surface area (Å²) in [5.41, 5.74) is 3.79. The number of benzene rings is 4. The summed E-state index contributed by atoms with van der Waals surface area (Å²) < 4.78 is 5.38. The molecule has 2 aliphatic heterocycles.